The van der Waals surface area contributed by atoms with Crippen LogP contribution in [0.3, 0.4) is 0 Å². The van der Waals surface area contributed by atoms with Crippen LogP contribution in [0.4, 0.5) is 0 Å². The van der Waals surface area contributed by atoms with Gasteiger partial charge in [-0.1, -0.05) is 78.3 Å². The molecule has 0 atom stereocenters. The number of hydrogen-bond donors (Lipinski definition) is 0. The predicted molar refractivity (Wildman–Crippen MR) is 65.8 cm³/mol. The van der Waals surface area contributed by atoms with Crippen LogP contribution in [0.15, 0.2) is 0 Å². The van der Waals surface area contributed by atoms with Crippen molar-refractivity contribution in [3.8, 4) is 0 Å². The van der Waals surface area contributed by atoms with Gasteiger partial charge in [-0.3, -0.25) is 0 Å². The van der Waals surface area contributed by atoms with Gasteiger partial charge in [0.15, 0.2) is 0 Å². The van der Waals surface area contributed by atoms with E-state index >= 15 is 0 Å². The topological polar surface area (TPSA) is 0 Å². The molecule has 0 amide bonds. The van der Waals surface area contributed by atoms with Crippen LogP contribution in [0.1, 0.15) is 43.0 Å². The van der Waals surface area contributed by atoms with Gasteiger partial charge in [0.05, 0.1) is 0 Å². The summed E-state index contributed by atoms with van der Waals surface area (Å²) < 4.78 is 0. The van der Waals surface area contributed by atoms with Crippen LogP contribution in [0.25, 0.3) is 0 Å². The minimum Gasteiger partial charge on any atom is -1.00 e. The largest absolute Gasteiger partial charge is 1.00 e. The van der Waals surface area contributed by atoms with Gasteiger partial charge in [0, 0.05) is 0 Å². The Morgan fingerprint density at radius 2 is 0.929 bits per heavy atom. The fourth-order valence-corrected chi connectivity index (χ4v) is 2.29. The first kappa shape index (κ1) is 17.5. The second-order valence-electron chi connectivity index (χ2n) is 5.75. The normalized spacial score (nSPS) is 10.9. The van der Waals surface area contributed by atoms with Crippen molar-refractivity contribution in [3.05, 3.63) is 0 Å². The van der Waals surface area contributed by atoms with Gasteiger partial charge in [-0.2, -0.15) is 0 Å². The first-order valence-electron chi connectivity index (χ1n) is 5.91. The summed E-state index contributed by atoms with van der Waals surface area (Å²) in [4.78, 5) is 0. The van der Waals surface area contributed by atoms with E-state index in [0.29, 0.717) is 0 Å². The Morgan fingerprint density at radius 1 is 0.714 bits per heavy atom. The Balaban J connectivity index is -0.000000720. The molecule has 0 rings (SSSR count). The van der Waals surface area contributed by atoms with E-state index in [4.69, 9.17) is 0 Å². The van der Waals surface area contributed by atoms with Crippen molar-refractivity contribution in [1.82, 2.24) is 0 Å². The van der Waals surface area contributed by atoms with Crippen LogP contribution in [-0.2, 0) is 0 Å². The summed E-state index contributed by atoms with van der Waals surface area (Å²) in [5, 5.41) is 0. The molecular weight excluding hydrogens is 178 g/mol. The molecule has 0 heterocycles. The van der Waals surface area contributed by atoms with Crippen molar-refractivity contribution in [2.75, 3.05) is 0 Å². The molecule has 0 saturated carbocycles. The van der Waals surface area contributed by atoms with Crippen LogP contribution in [-0.4, -0.2) is 6.71 Å². The molecule has 0 unspecified atom stereocenters. The molecule has 80 valence electrons. The van der Waals surface area contributed by atoms with Gasteiger partial charge in [0.2, 0.25) is 0 Å². The van der Waals surface area contributed by atoms with Crippen molar-refractivity contribution in [2.45, 2.75) is 60.5 Å². The van der Waals surface area contributed by atoms with E-state index in [2.05, 4.69) is 41.5 Å². The molecule has 0 radical (unpaired) electrons. The predicted octanol–water partition coefficient (Wildman–Crippen LogP) is 1.57. The fraction of sp³-hybridized carbons (Fsp3) is 1.00. The van der Waals surface area contributed by atoms with Gasteiger partial charge < -0.3 is 1.43 Å². The summed E-state index contributed by atoms with van der Waals surface area (Å²) in [6.07, 6.45) is 4.24. The third-order valence-corrected chi connectivity index (χ3v) is 2.41. The van der Waals surface area contributed by atoms with Crippen LogP contribution in [0.5, 0.6) is 0 Å². The van der Waals surface area contributed by atoms with Gasteiger partial charge >= 0.3 is 29.6 Å². The first-order chi connectivity index (χ1) is 5.91. The maximum Gasteiger partial charge on any atom is 1.00 e. The van der Waals surface area contributed by atoms with Crippen molar-refractivity contribution in [2.24, 2.45) is 17.8 Å². The third kappa shape index (κ3) is 11.1. The molecule has 0 aliphatic heterocycles. The van der Waals surface area contributed by atoms with Crippen LogP contribution >= 0.6 is 0 Å². The van der Waals surface area contributed by atoms with Crippen LogP contribution < -0.4 is 29.6 Å². The summed E-state index contributed by atoms with van der Waals surface area (Å²) >= 11 is 0. The van der Waals surface area contributed by atoms with Crippen LogP contribution in [0, 0.1) is 17.8 Å². The van der Waals surface area contributed by atoms with Crippen LogP contribution in [0.2, 0.25) is 19.0 Å². The Labute approximate surface area is 115 Å². The van der Waals surface area contributed by atoms with E-state index in [1.165, 1.54) is 19.0 Å². The standard InChI is InChI=1S/C12H27B.Na.H/c1-10(2)7-13(8-11(3)4)9-12(5)6;;/h10-12H,7-9H2,1-6H3;;/q;+1;-1. The van der Waals surface area contributed by atoms with E-state index in [0.717, 1.165) is 24.5 Å². The van der Waals surface area contributed by atoms with Crippen molar-refractivity contribution < 1.29 is 31.0 Å². The summed E-state index contributed by atoms with van der Waals surface area (Å²) in [6.45, 7) is 15.0. The zero-order valence-electron chi connectivity index (χ0n) is 12.4. The molecule has 14 heavy (non-hydrogen) atoms. The second-order valence-corrected chi connectivity index (χ2v) is 5.75. The van der Waals surface area contributed by atoms with Gasteiger partial charge in [-0.05, 0) is 0 Å². The molecule has 0 spiro atoms. The SMILES string of the molecule is CC(C)CB(CC(C)C)CC(C)C.[H-].[Na+]. The molecule has 0 aromatic heterocycles. The van der Waals surface area contributed by atoms with Gasteiger partial charge in [-0.15, -0.1) is 0 Å². The molecule has 0 nitrogen and oxygen atoms in total. The summed E-state index contributed by atoms with van der Waals surface area (Å²) in [6, 6.07) is 0. The Morgan fingerprint density at radius 3 is 1.07 bits per heavy atom. The molecule has 2 heteroatoms. The average molecular weight is 206 g/mol. The average Bonchev–Trinajstić information content (AvgIpc) is 1.80. The number of hydrogen-bond acceptors (Lipinski definition) is 0. The third-order valence-electron chi connectivity index (χ3n) is 2.41. The van der Waals surface area contributed by atoms with E-state index in [-0.39, 0.29) is 31.0 Å². The van der Waals surface area contributed by atoms with Gasteiger partial charge in [-0.25, -0.2) is 0 Å². The van der Waals surface area contributed by atoms with Crippen molar-refractivity contribution in [1.29, 1.82) is 0 Å². The molecular formula is C12H28BNa. The molecule has 0 fully saturated rings. The monoisotopic (exact) mass is 206 g/mol. The minimum absolute atomic E-state index is 0. The fourth-order valence-electron chi connectivity index (χ4n) is 2.29. The quantitative estimate of drug-likeness (QED) is 0.578. The zero-order chi connectivity index (χ0) is 10.4. The minimum atomic E-state index is 0. The summed E-state index contributed by atoms with van der Waals surface area (Å²) in [5.41, 5.74) is 0. The summed E-state index contributed by atoms with van der Waals surface area (Å²) in [7, 11) is 0. The molecule has 0 aliphatic rings. The Bertz CT molecular complexity index is 103. The molecule has 0 saturated heterocycles. The number of rotatable bonds is 6. The van der Waals surface area contributed by atoms with Gasteiger partial charge in [0.25, 0.3) is 0 Å². The Kier molecular flexibility index (Phi) is 11.6. The second kappa shape index (κ2) is 9.30. The summed E-state index contributed by atoms with van der Waals surface area (Å²) in [5.74, 6) is 2.59. The zero-order valence-corrected chi connectivity index (χ0v) is 13.4. The molecule has 0 N–H and O–H groups in total. The maximum atomic E-state index is 2.34. The Hall–Kier alpha value is 1.06. The molecule has 0 bridgehead atoms. The van der Waals surface area contributed by atoms with Crippen molar-refractivity contribution in [3.63, 3.8) is 0 Å². The van der Waals surface area contributed by atoms with E-state index in [1.807, 2.05) is 0 Å². The smallest absolute Gasteiger partial charge is 1.00 e. The molecule has 0 aromatic rings. The van der Waals surface area contributed by atoms with Gasteiger partial charge in [0.1, 0.15) is 6.71 Å². The molecule has 0 aliphatic carbocycles. The molecule has 0 aromatic carbocycles. The van der Waals surface area contributed by atoms with E-state index < -0.39 is 0 Å². The maximum absolute atomic E-state index is 2.34. The van der Waals surface area contributed by atoms with E-state index in [9.17, 15) is 0 Å². The first-order valence-corrected chi connectivity index (χ1v) is 5.91. The van der Waals surface area contributed by atoms with E-state index in [1.54, 1.807) is 0 Å². The van der Waals surface area contributed by atoms with Crippen molar-refractivity contribution >= 4 is 6.71 Å².